The monoisotopic (exact) mass is 422 g/mol. The average molecular weight is 423 g/mol. The summed E-state index contributed by atoms with van der Waals surface area (Å²) in [6.07, 6.45) is 4.10. The van der Waals surface area contributed by atoms with Crippen LogP contribution < -0.4 is 9.47 Å². The third-order valence-corrected chi connectivity index (χ3v) is 6.30. The van der Waals surface area contributed by atoms with Gasteiger partial charge >= 0.3 is 0 Å². The Kier molecular flexibility index (Phi) is 4.93. The second kappa shape index (κ2) is 7.25. The Morgan fingerprint density at radius 2 is 2.04 bits per heavy atom. The van der Waals surface area contributed by atoms with Crippen molar-refractivity contribution in [3.05, 3.63) is 46.7 Å². The molecule has 0 aliphatic carbocycles. The number of nitrogens with zero attached hydrogens (tertiary/aromatic N) is 2. The number of hydrogen-bond donors (Lipinski definition) is 0. The van der Waals surface area contributed by atoms with Gasteiger partial charge in [-0.05, 0) is 37.1 Å². The number of piperidine rings is 1. The highest BCUT2D eigenvalue weighted by Crippen LogP contribution is 2.35. The summed E-state index contributed by atoms with van der Waals surface area (Å²) in [6, 6.07) is 6.54. The lowest BCUT2D eigenvalue weighted by atomic mass is 9.93. The van der Waals surface area contributed by atoms with Crippen LogP contribution in [-0.2, 0) is 9.84 Å². The molecular weight excluding hydrogens is 404 g/mol. The van der Waals surface area contributed by atoms with Gasteiger partial charge in [-0.15, -0.1) is 0 Å². The lowest BCUT2D eigenvalue weighted by molar-refractivity contribution is 0.0704. The van der Waals surface area contributed by atoms with Crippen LogP contribution in [0.1, 0.15) is 34.8 Å². The van der Waals surface area contributed by atoms with Crippen molar-refractivity contribution < 1.29 is 22.7 Å². The maximum Gasteiger partial charge on any atom is 0.254 e. The van der Waals surface area contributed by atoms with E-state index >= 15 is 0 Å². The first-order valence-electron chi connectivity index (χ1n) is 8.87. The number of likely N-dealkylation sites (tertiary alicyclic amines) is 1. The SMILES string of the molecule is CS(=O)(=O)c1cc(Cl)cnc1C1CCCN(C(=O)c2ccc3c(c2)OCO3)C1. The van der Waals surface area contributed by atoms with E-state index in [4.69, 9.17) is 21.1 Å². The lowest BCUT2D eigenvalue weighted by Crippen LogP contribution is -2.39. The Morgan fingerprint density at radius 1 is 1.25 bits per heavy atom. The predicted molar refractivity (Wildman–Crippen MR) is 103 cm³/mol. The maximum absolute atomic E-state index is 13.0. The van der Waals surface area contributed by atoms with Crippen molar-refractivity contribution >= 4 is 27.3 Å². The summed E-state index contributed by atoms with van der Waals surface area (Å²) < 4.78 is 35.0. The van der Waals surface area contributed by atoms with Crippen molar-refractivity contribution in [2.24, 2.45) is 0 Å². The summed E-state index contributed by atoms with van der Waals surface area (Å²) in [5.74, 6) is 0.876. The molecule has 2 aliphatic rings. The second-order valence-electron chi connectivity index (χ2n) is 6.97. The van der Waals surface area contributed by atoms with Crippen LogP contribution in [0.25, 0.3) is 0 Å². The average Bonchev–Trinajstić information content (AvgIpc) is 3.14. The molecule has 1 aromatic heterocycles. The lowest BCUT2D eigenvalue weighted by Gasteiger charge is -2.33. The largest absolute Gasteiger partial charge is 0.454 e. The van der Waals surface area contributed by atoms with Crippen LogP contribution in [0.5, 0.6) is 11.5 Å². The number of rotatable bonds is 3. The Hall–Kier alpha value is -2.32. The first kappa shape index (κ1) is 19.0. The number of benzene rings is 1. The van der Waals surface area contributed by atoms with Crippen LogP contribution in [0.3, 0.4) is 0 Å². The number of hydrogen-bond acceptors (Lipinski definition) is 6. The fraction of sp³-hybridized carbons (Fsp3) is 0.368. The van der Waals surface area contributed by atoms with Crippen molar-refractivity contribution in [3.8, 4) is 11.5 Å². The van der Waals surface area contributed by atoms with Gasteiger partial charge in [0.2, 0.25) is 6.79 Å². The smallest absolute Gasteiger partial charge is 0.254 e. The number of carbonyl (C=O) groups excluding carboxylic acids is 1. The van der Waals surface area contributed by atoms with Gasteiger partial charge in [0.25, 0.3) is 5.91 Å². The zero-order valence-electron chi connectivity index (χ0n) is 15.2. The molecule has 2 aromatic rings. The summed E-state index contributed by atoms with van der Waals surface area (Å²) in [4.78, 5) is 19.1. The van der Waals surface area contributed by atoms with Gasteiger partial charge in [-0.1, -0.05) is 11.6 Å². The third kappa shape index (κ3) is 3.66. The minimum Gasteiger partial charge on any atom is -0.454 e. The number of fused-ring (bicyclic) bond motifs is 1. The first-order chi connectivity index (χ1) is 13.3. The second-order valence-corrected chi connectivity index (χ2v) is 9.39. The Morgan fingerprint density at radius 3 is 2.82 bits per heavy atom. The van der Waals surface area contributed by atoms with Crippen LogP contribution in [0.15, 0.2) is 35.4 Å². The fourth-order valence-electron chi connectivity index (χ4n) is 3.63. The molecule has 1 unspecified atom stereocenters. The van der Waals surface area contributed by atoms with E-state index in [2.05, 4.69) is 4.98 Å². The molecule has 148 valence electrons. The Bertz CT molecular complexity index is 1040. The molecule has 0 N–H and O–H groups in total. The minimum absolute atomic E-state index is 0.127. The number of halogens is 1. The number of carbonyl (C=O) groups is 1. The Labute approximate surface area is 168 Å². The molecule has 0 saturated carbocycles. The van der Waals surface area contributed by atoms with E-state index in [0.29, 0.717) is 35.8 Å². The van der Waals surface area contributed by atoms with E-state index in [1.165, 1.54) is 12.3 Å². The summed E-state index contributed by atoms with van der Waals surface area (Å²) in [7, 11) is -3.48. The quantitative estimate of drug-likeness (QED) is 0.756. The predicted octanol–water partition coefficient (Wildman–Crippen LogP) is 2.89. The van der Waals surface area contributed by atoms with Crippen molar-refractivity contribution in [1.29, 1.82) is 0 Å². The van der Waals surface area contributed by atoms with Crippen LogP contribution in [-0.4, -0.2) is 50.3 Å². The van der Waals surface area contributed by atoms with Crippen LogP contribution >= 0.6 is 11.6 Å². The molecule has 4 rings (SSSR count). The van der Waals surface area contributed by atoms with Crippen molar-refractivity contribution in [2.75, 3.05) is 26.1 Å². The molecule has 1 atom stereocenters. The van der Waals surface area contributed by atoms with Gasteiger partial charge in [-0.25, -0.2) is 8.42 Å². The summed E-state index contributed by atoms with van der Waals surface area (Å²) in [6.45, 7) is 1.14. The van der Waals surface area contributed by atoms with Gasteiger partial charge in [0.05, 0.1) is 15.6 Å². The summed E-state index contributed by atoms with van der Waals surface area (Å²) in [5, 5.41) is 0.272. The van der Waals surface area contributed by atoms with Gasteiger partial charge in [0.15, 0.2) is 21.3 Å². The molecule has 1 amide bonds. The molecule has 1 fully saturated rings. The first-order valence-corrected chi connectivity index (χ1v) is 11.1. The van der Waals surface area contributed by atoms with Crippen LogP contribution in [0.4, 0.5) is 0 Å². The molecule has 28 heavy (non-hydrogen) atoms. The topological polar surface area (TPSA) is 85.8 Å². The molecule has 3 heterocycles. The van der Waals surface area contributed by atoms with Gasteiger partial charge in [-0.2, -0.15) is 0 Å². The highest BCUT2D eigenvalue weighted by Gasteiger charge is 2.30. The zero-order valence-corrected chi connectivity index (χ0v) is 16.8. The van der Waals surface area contributed by atoms with E-state index in [-0.39, 0.29) is 28.5 Å². The number of aromatic nitrogens is 1. The number of sulfone groups is 1. The molecule has 0 spiro atoms. The van der Waals surface area contributed by atoms with E-state index in [0.717, 1.165) is 19.1 Å². The van der Waals surface area contributed by atoms with E-state index in [9.17, 15) is 13.2 Å². The number of amides is 1. The van der Waals surface area contributed by atoms with E-state index < -0.39 is 9.84 Å². The summed E-state index contributed by atoms with van der Waals surface area (Å²) >= 11 is 5.95. The highest BCUT2D eigenvalue weighted by molar-refractivity contribution is 7.90. The van der Waals surface area contributed by atoms with Crippen LogP contribution in [0.2, 0.25) is 5.02 Å². The Balaban J connectivity index is 1.59. The van der Waals surface area contributed by atoms with Crippen LogP contribution in [0, 0.1) is 0 Å². The maximum atomic E-state index is 13.0. The molecule has 0 bridgehead atoms. The highest BCUT2D eigenvalue weighted by atomic mass is 35.5. The zero-order chi connectivity index (χ0) is 19.9. The number of pyridine rings is 1. The molecular formula is C19H19ClN2O5S. The van der Waals surface area contributed by atoms with Crippen molar-refractivity contribution in [2.45, 2.75) is 23.7 Å². The third-order valence-electron chi connectivity index (χ3n) is 4.96. The van der Waals surface area contributed by atoms with Gasteiger partial charge in [-0.3, -0.25) is 9.78 Å². The van der Waals surface area contributed by atoms with Crippen molar-refractivity contribution in [1.82, 2.24) is 9.88 Å². The fourth-order valence-corrected chi connectivity index (χ4v) is 4.79. The number of ether oxygens (including phenoxy) is 2. The normalized spacial score (nSPS) is 18.9. The minimum atomic E-state index is -3.48. The standard InChI is InChI=1S/C19H19ClN2O5S/c1-28(24,25)17-8-14(20)9-21-18(17)13-3-2-6-22(10-13)19(23)12-4-5-15-16(7-12)27-11-26-15/h4-5,7-9,13H,2-3,6,10-11H2,1H3. The van der Waals surface area contributed by atoms with Gasteiger partial charge in [0.1, 0.15) is 0 Å². The molecule has 0 radical (unpaired) electrons. The molecule has 7 nitrogen and oxygen atoms in total. The van der Waals surface area contributed by atoms with Gasteiger partial charge < -0.3 is 14.4 Å². The molecule has 2 aliphatic heterocycles. The molecule has 1 saturated heterocycles. The van der Waals surface area contributed by atoms with E-state index in [1.54, 1.807) is 23.1 Å². The molecule has 9 heteroatoms. The summed E-state index contributed by atoms with van der Waals surface area (Å²) in [5.41, 5.74) is 0.979. The van der Waals surface area contributed by atoms with Gasteiger partial charge in [0, 0.05) is 37.0 Å². The van der Waals surface area contributed by atoms with E-state index in [1.807, 2.05) is 0 Å². The molecule has 1 aromatic carbocycles. The van der Waals surface area contributed by atoms with Crippen molar-refractivity contribution in [3.63, 3.8) is 0 Å².